The third-order valence-electron chi connectivity index (χ3n) is 10.2. The molecule has 0 aliphatic heterocycles. The van der Waals surface area contributed by atoms with Crippen molar-refractivity contribution < 1.29 is 25.8 Å². The maximum atomic E-state index is 6.94. The third-order valence-corrected chi connectivity index (χ3v) is 10.2. The standard InChI is InChI=1S/C48H28N4O.Pt/c1-2-14-31(15-3-1)35-18-4-7-24-42(35)51-44-26-9-6-23-41(44)50-48(51)32-16-12-17-34(28-32)53-45-30-33(40-22-10-11-27-49-40)29-39-38-21-13-20-37-36-19-5-8-25-43(36)52(46(37)38)47(39)45;/h1-27,29H;/q-2;+2. The van der Waals surface area contributed by atoms with Crippen molar-refractivity contribution in [3.8, 4) is 51.0 Å². The van der Waals surface area contributed by atoms with Crippen LogP contribution in [0.4, 0.5) is 0 Å². The summed E-state index contributed by atoms with van der Waals surface area (Å²) in [7, 11) is 0. The maximum absolute atomic E-state index is 6.94. The fourth-order valence-corrected chi connectivity index (χ4v) is 7.91. The summed E-state index contributed by atoms with van der Waals surface area (Å²) in [6, 6.07) is 63.7. The first kappa shape index (κ1) is 32.1. The Kier molecular flexibility index (Phi) is 7.64. The summed E-state index contributed by atoms with van der Waals surface area (Å²) < 4.78 is 11.5. The molecule has 5 nitrogen and oxygen atoms in total. The zero-order valence-corrected chi connectivity index (χ0v) is 31.0. The van der Waals surface area contributed by atoms with E-state index in [1.165, 1.54) is 16.3 Å². The number of imidazole rings is 1. The Balaban J connectivity index is 0.00000361. The van der Waals surface area contributed by atoms with Gasteiger partial charge >= 0.3 is 21.1 Å². The number of benzene rings is 7. The minimum atomic E-state index is 0. The molecule has 0 spiro atoms. The van der Waals surface area contributed by atoms with Crippen molar-refractivity contribution in [3.05, 3.63) is 182 Å². The van der Waals surface area contributed by atoms with Gasteiger partial charge < -0.3 is 18.7 Å². The number of ether oxygens (including phenoxy) is 1. The second-order valence-electron chi connectivity index (χ2n) is 13.2. The topological polar surface area (TPSA) is 44.4 Å². The molecule has 7 aromatic carbocycles. The fraction of sp³-hybridized carbons (Fsp3) is 0. The van der Waals surface area contributed by atoms with E-state index in [9.17, 15) is 0 Å². The smallest absolute Gasteiger partial charge is 0.494 e. The van der Waals surface area contributed by atoms with Gasteiger partial charge in [0.15, 0.2) is 0 Å². The molecule has 0 aliphatic carbocycles. The molecule has 11 rings (SSSR count). The summed E-state index contributed by atoms with van der Waals surface area (Å²) >= 11 is 0. The fourth-order valence-electron chi connectivity index (χ4n) is 7.91. The zero-order chi connectivity index (χ0) is 34.9. The summed E-state index contributed by atoms with van der Waals surface area (Å²) in [5, 5.41) is 4.66. The molecule has 0 aliphatic rings. The molecule has 0 unspecified atom stereocenters. The van der Waals surface area contributed by atoms with Gasteiger partial charge in [0.2, 0.25) is 0 Å². The first-order valence-corrected chi connectivity index (χ1v) is 17.7. The van der Waals surface area contributed by atoms with E-state index in [0.717, 1.165) is 72.3 Å². The number of nitrogens with zero attached hydrogens (tertiary/aromatic N) is 4. The normalized spacial score (nSPS) is 11.6. The number of hydrogen-bond acceptors (Lipinski definition) is 3. The van der Waals surface area contributed by atoms with Gasteiger partial charge in [-0.3, -0.25) is 4.98 Å². The van der Waals surface area contributed by atoms with Crippen molar-refractivity contribution in [2.24, 2.45) is 0 Å². The summed E-state index contributed by atoms with van der Waals surface area (Å²) in [5.41, 5.74) is 11.0. The Morgan fingerprint density at radius 2 is 1.26 bits per heavy atom. The Morgan fingerprint density at radius 1 is 0.537 bits per heavy atom. The molecule has 256 valence electrons. The summed E-state index contributed by atoms with van der Waals surface area (Å²) in [5.74, 6) is 1.96. The van der Waals surface area contributed by atoms with Crippen molar-refractivity contribution in [2.45, 2.75) is 0 Å². The quantitative estimate of drug-likeness (QED) is 0.156. The number of fused-ring (bicyclic) bond motifs is 7. The van der Waals surface area contributed by atoms with Crippen LogP contribution in [0.15, 0.2) is 170 Å². The van der Waals surface area contributed by atoms with E-state index in [-0.39, 0.29) is 21.1 Å². The molecule has 0 saturated carbocycles. The Bertz CT molecular complexity index is 3150. The van der Waals surface area contributed by atoms with Gasteiger partial charge in [-0.25, -0.2) is 0 Å². The number of aromatic nitrogens is 4. The summed E-state index contributed by atoms with van der Waals surface area (Å²) in [4.78, 5) is 9.88. The second kappa shape index (κ2) is 12.8. The molecule has 4 heterocycles. The van der Waals surface area contributed by atoms with E-state index in [2.05, 4.69) is 141 Å². The van der Waals surface area contributed by atoms with Crippen LogP contribution in [0.25, 0.3) is 88.6 Å². The van der Waals surface area contributed by atoms with Crippen LogP contribution in [0.5, 0.6) is 11.5 Å². The third kappa shape index (κ3) is 4.97. The van der Waals surface area contributed by atoms with Gasteiger partial charge in [-0.15, -0.1) is 35.4 Å². The molecular weight excluding hydrogens is 844 g/mol. The molecule has 4 aromatic heterocycles. The van der Waals surface area contributed by atoms with Gasteiger partial charge in [0, 0.05) is 45.0 Å². The Labute approximate surface area is 325 Å². The monoisotopic (exact) mass is 871 g/mol. The molecule has 0 bridgehead atoms. The SMILES string of the molecule is [Pt+2].[c-]1c(Oc2[c-]c(-c3ccccn3)cc3c4cccc5c6ccccc6n(c23)c54)cccc1-c1nc2ccccc2n1-c1ccccc1-c1ccccc1. The molecular formula is C48H28N4OPt. The minimum absolute atomic E-state index is 0. The van der Waals surface area contributed by atoms with E-state index < -0.39 is 0 Å². The number of pyridine rings is 1. The van der Waals surface area contributed by atoms with Crippen molar-refractivity contribution in [1.29, 1.82) is 0 Å². The Morgan fingerprint density at radius 3 is 2.13 bits per heavy atom. The molecule has 0 radical (unpaired) electrons. The van der Waals surface area contributed by atoms with Crippen LogP contribution in [-0.4, -0.2) is 18.9 Å². The summed E-state index contributed by atoms with van der Waals surface area (Å²) in [6.07, 6.45) is 1.81. The number of hydrogen-bond donors (Lipinski definition) is 0. The molecule has 6 heteroatoms. The van der Waals surface area contributed by atoms with Crippen molar-refractivity contribution >= 4 is 49.1 Å². The van der Waals surface area contributed by atoms with E-state index in [4.69, 9.17) is 9.72 Å². The number of rotatable bonds is 6. The molecule has 0 saturated heterocycles. The van der Waals surface area contributed by atoms with E-state index in [0.29, 0.717) is 11.5 Å². The molecule has 0 N–H and O–H groups in total. The predicted molar refractivity (Wildman–Crippen MR) is 214 cm³/mol. The van der Waals surface area contributed by atoms with Crippen LogP contribution in [0.1, 0.15) is 0 Å². The van der Waals surface area contributed by atoms with Gasteiger partial charge in [0.25, 0.3) is 0 Å². The van der Waals surface area contributed by atoms with Gasteiger partial charge in [-0.1, -0.05) is 127 Å². The average molecular weight is 872 g/mol. The van der Waals surface area contributed by atoms with Gasteiger partial charge in [0.05, 0.1) is 28.1 Å². The van der Waals surface area contributed by atoms with Crippen LogP contribution in [0.2, 0.25) is 0 Å². The van der Waals surface area contributed by atoms with E-state index in [1.807, 2.05) is 54.7 Å². The molecule has 0 atom stereocenters. The molecule has 54 heavy (non-hydrogen) atoms. The first-order valence-electron chi connectivity index (χ1n) is 17.7. The Hall–Kier alpha value is -6.55. The number of para-hydroxylation sites is 5. The van der Waals surface area contributed by atoms with Crippen molar-refractivity contribution in [3.63, 3.8) is 0 Å². The second-order valence-corrected chi connectivity index (χ2v) is 13.2. The van der Waals surface area contributed by atoms with E-state index in [1.54, 1.807) is 0 Å². The van der Waals surface area contributed by atoms with Gasteiger partial charge in [-0.2, -0.15) is 0 Å². The van der Waals surface area contributed by atoms with Crippen LogP contribution in [0.3, 0.4) is 0 Å². The predicted octanol–water partition coefficient (Wildman–Crippen LogP) is 12.0. The van der Waals surface area contributed by atoms with Crippen LogP contribution >= 0.6 is 0 Å². The van der Waals surface area contributed by atoms with Gasteiger partial charge in [0.1, 0.15) is 0 Å². The largest absolute Gasteiger partial charge is 2.00 e. The first-order chi connectivity index (χ1) is 26.3. The van der Waals surface area contributed by atoms with Crippen LogP contribution < -0.4 is 4.74 Å². The van der Waals surface area contributed by atoms with Crippen molar-refractivity contribution in [2.75, 3.05) is 0 Å². The molecule has 0 amide bonds. The maximum Gasteiger partial charge on any atom is 2.00 e. The molecule has 0 fully saturated rings. The van der Waals surface area contributed by atoms with E-state index >= 15 is 0 Å². The zero-order valence-electron chi connectivity index (χ0n) is 28.7. The van der Waals surface area contributed by atoms with Gasteiger partial charge in [-0.05, 0) is 47.0 Å². The van der Waals surface area contributed by atoms with Crippen LogP contribution in [-0.2, 0) is 21.1 Å². The van der Waals surface area contributed by atoms with Crippen molar-refractivity contribution in [1.82, 2.24) is 18.9 Å². The average Bonchev–Trinajstić information content (AvgIpc) is 3.89. The van der Waals surface area contributed by atoms with Crippen LogP contribution in [0, 0.1) is 12.1 Å². The minimum Gasteiger partial charge on any atom is -0.494 e. The summed E-state index contributed by atoms with van der Waals surface area (Å²) in [6.45, 7) is 0. The molecule has 11 aromatic rings.